The van der Waals surface area contributed by atoms with Crippen molar-refractivity contribution in [3.05, 3.63) is 35.4 Å². The highest BCUT2D eigenvalue weighted by molar-refractivity contribution is 5.94. The highest BCUT2D eigenvalue weighted by Crippen LogP contribution is 2.09. The maximum atomic E-state index is 12.2. The molecule has 2 amide bonds. The summed E-state index contributed by atoms with van der Waals surface area (Å²) in [5, 5.41) is 9.27. The Kier molecular flexibility index (Phi) is 11.5. The number of nitrogens with zero attached hydrogens (tertiary/aromatic N) is 1. The number of halogens is 2. The lowest BCUT2D eigenvalue weighted by molar-refractivity contribution is -0.121. The van der Waals surface area contributed by atoms with E-state index in [2.05, 4.69) is 20.9 Å². The van der Waals surface area contributed by atoms with Gasteiger partial charge in [0.1, 0.15) is 0 Å². The van der Waals surface area contributed by atoms with Gasteiger partial charge in [-0.15, -0.1) is 24.8 Å². The Bertz CT molecular complexity index is 601. The van der Waals surface area contributed by atoms with E-state index in [-0.39, 0.29) is 36.6 Å². The molecule has 0 bridgehead atoms. The van der Waals surface area contributed by atoms with Crippen molar-refractivity contribution in [1.29, 1.82) is 0 Å². The van der Waals surface area contributed by atoms with E-state index in [4.69, 9.17) is 0 Å². The highest BCUT2D eigenvalue weighted by Gasteiger charge is 2.17. The fraction of sp³-hybridized carbons (Fsp3) is 0.600. The van der Waals surface area contributed by atoms with Gasteiger partial charge >= 0.3 is 0 Å². The van der Waals surface area contributed by atoms with Crippen molar-refractivity contribution in [3.8, 4) is 0 Å². The van der Waals surface area contributed by atoms with Gasteiger partial charge < -0.3 is 20.9 Å². The molecule has 2 saturated heterocycles. The van der Waals surface area contributed by atoms with Gasteiger partial charge in [-0.1, -0.05) is 12.1 Å². The third kappa shape index (κ3) is 7.95. The van der Waals surface area contributed by atoms with Crippen LogP contribution in [0.4, 0.5) is 0 Å². The van der Waals surface area contributed by atoms with E-state index in [9.17, 15) is 9.59 Å². The standard InChI is InChI=1S/C20H30N4O2.2ClH/c25-19(14-18-4-3-9-21-18)23-15-16-5-7-17(8-6-16)20(26)22-10-13-24-11-1-2-12-24;;/h5-8,18,21H,1-4,9-15H2,(H,22,26)(H,23,25);2*1H. The van der Waals surface area contributed by atoms with Crippen molar-refractivity contribution < 1.29 is 9.59 Å². The molecule has 1 aromatic rings. The van der Waals surface area contributed by atoms with Gasteiger partial charge in [-0.3, -0.25) is 9.59 Å². The molecule has 158 valence electrons. The van der Waals surface area contributed by atoms with Crippen LogP contribution in [0.1, 0.15) is 48.0 Å². The summed E-state index contributed by atoms with van der Waals surface area (Å²) in [4.78, 5) is 26.5. The molecule has 28 heavy (non-hydrogen) atoms. The van der Waals surface area contributed by atoms with Crippen LogP contribution < -0.4 is 16.0 Å². The van der Waals surface area contributed by atoms with Gasteiger partial charge in [-0.05, 0) is 63.0 Å². The average Bonchev–Trinajstić information content (AvgIpc) is 3.34. The second-order valence-electron chi connectivity index (χ2n) is 7.28. The summed E-state index contributed by atoms with van der Waals surface area (Å²) in [6.07, 6.45) is 5.30. The third-order valence-corrected chi connectivity index (χ3v) is 5.21. The lowest BCUT2D eigenvalue weighted by Gasteiger charge is -2.14. The van der Waals surface area contributed by atoms with E-state index in [1.54, 1.807) is 0 Å². The molecule has 2 aliphatic rings. The van der Waals surface area contributed by atoms with E-state index < -0.39 is 0 Å². The highest BCUT2D eigenvalue weighted by atomic mass is 35.5. The number of benzene rings is 1. The van der Waals surface area contributed by atoms with Gasteiger partial charge in [0, 0.05) is 37.7 Å². The topological polar surface area (TPSA) is 73.5 Å². The second-order valence-corrected chi connectivity index (χ2v) is 7.28. The van der Waals surface area contributed by atoms with Crippen LogP contribution in [-0.4, -0.2) is 55.5 Å². The van der Waals surface area contributed by atoms with Crippen molar-refractivity contribution in [1.82, 2.24) is 20.9 Å². The zero-order valence-corrected chi connectivity index (χ0v) is 17.9. The molecule has 1 unspecified atom stereocenters. The minimum absolute atomic E-state index is 0. The van der Waals surface area contributed by atoms with Crippen LogP contribution in [0, 0.1) is 0 Å². The van der Waals surface area contributed by atoms with Crippen LogP contribution in [0.3, 0.4) is 0 Å². The molecule has 8 heteroatoms. The number of nitrogens with one attached hydrogen (secondary N) is 3. The molecule has 0 radical (unpaired) electrons. The molecule has 1 atom stereocenters. The predicted molar refractivity (Wildman–Crippen MR) is 116 cm³/mol. The van der Waals surface area contributed by atoms with Gasteiger partial charge in [-0.2, -0.15) is 0 Å². The Balaban J connectivity index is 0.00000196. The second kappa shape index (κ2) is 13.0. The number of amides is 2. The molecule has 2 fully saturated rings. The van der Waals surface area contributed by atoms with Crippen molar-refractivity contribution in [3.63, 3.8) is 0 Å². The van der Waals surface area contributed by atoms with Crippen LogP contribution in [0.25, 0.3) is 0 Å². The van der Waals surface area contributed by atoms with Crippen molar-refractivity contribution in [2.75, 3.05) is 32.7 Å². The summed E-state index contributed by atoms with van der Waals surface area (Å²) < 4.78 is 0. The number of carbonyl (C=O) groups is 2. The summed E-state index contributed by atoms with van der Waals surface area (Å²) in [6.45, 7) is 5.42. The molecule has 2 heterocycles. The molecule has 0 aliphatic carbocycles. The van der Waals surface area contributed by atoms with Gasteiger partial charge in [0.2, 0.25) is 5.91 Å². The zero-order valence-electron chi connectivity index (χ0n) is 16.2. The molecule has 6 nitrogen and oxygen atoms in total. The average molecular weight is 431 g/mol. The Morgan fingerprint density at radius 2 is 1.75 bits per heavy atom. The summed E-state index contributed by atoms with van der Waals surface area (Å²) in [6, 6.07) is 7.78. The number of hydrogen-bond acceptors (Lipinski definition) is 4. The first kappa shape index (κ1) is 24.7. The normalized spacial score (nSPS) is 18.8. The quantitative estimate of drug-likeness (QED) is 0.590. The number of likely N-dealkylation sites (tertiary alicyclic amines) is 1. The maximum absolute atomic E-state index is 12.2. The van der Waals surface area contributed by atoms with Crippen LogP contribution in [0.2, 0.25) is 0 Å². The summed E-state index contributed by atoms with van der Waals surface area (Å²) >= 11 is 0. The molecular weight excluding hydrogens is 399 g/mol. The predicted octanol–water partition coefficient (Wildman–Crippen LogP) is 2.11. The molecule has 0 spiro atoms. The van der Waals surface area contributed by atoms with E-state index in [0.29, 0.717) is 31.1 Å². The van der Waals surface area contributed by atoms with Crippen molar-refractivity contribution in [2.45, 2.75) is 44.7 Å². The van der Waals surface area contributed by atoms with Gasteiger partial charge in [0.25, 0.3) is 5.91 Å². The van der Waals surface area contributed by atoms with Crippen LogP contribution in [0.15, 0.2) is 24.3 Å². The largest absolute Gasteiger partial charge is 0.352 e. The zero-order chi connectivity index (χ0) is 18.2. The van der Waals surface area contributed by atoms with E-state index in [0.717, 1.165) is 44.6 Å². The Morgan fingerprint density at radius 3 is 2.39 bits per heavy atom. The van der Waals surface area contributed by atoms with E-state index in [1.807, 2.05) is 24.3 Å². The van der Waals surface area contributed by atoms with E-state index >= 15 is 0 Å². The molecular formula is C20H32Cl2N4O2. The van der Waals surface area contributed by atoms with Crippen LogP contribution >= 0.6 is 24.8 Å². The first-order chi connectivity index (χ1) is 12.7. The molecule has 3 N–H and O–H groups in total. The van der Waals surface area contributed by atoms with Gasteiger partial charge in [0.05, 0.1) is 0 Å². The third-order valence-electron chi connectivity index (χ3n) is 5.21. The fourth-order valence-electron chi connectivity index (χ4n) is 3.64. The minimum Gasteiger partial charge on any atom is -0.352 e. The first-order valence-electron chi connectivity index (χ1n) is 9.80. The Morgan fingerprint density at radius 1 is 1.04 bits per heavy atom. The van der Waals surface area contributed by atoms with E-state index in [1.165, 1.54) is 12.8 Å². The van der Waals surface area contributed by atoms with Crippen LogP contribution in [0.5, 0.6) is 0 Å². The summed E-state index contributed by atoms with van der Waals surface area (Å²) in [5.41, 5.74) is 1.67. The van der Waals surface area contributed by atoms with Gasteiger partial charge in [0.15, 0.2) is 0 Å². The SMILES string of the molecule is Cl.Cl.O=C(CC1CCCN1)NCc1ccc(C(=O)NCCN2CCCC2)cc1. The minimum atomic E-state index is -0.0351. The number of carbonyl (C=O) groups excluding carboxylic acids is 2. The smallest absolute Gasteiger partial charge is 0.251 e. The Hall–Kier alpha value is -1.34. The molecule has 2 aliphatic heterocycles. The first-order valence-corrected chi connectivity index (χ1v) is 9.80. The lowest BCUT2D eigenvalue weighted by atomic mass is 10.1. The lowest BCUT2D eigenvalue weighted by Crippen LogP contribution is -2.33. The maximum Gasteiger partial charge on any atom is 0.251 e. The van der Waals surface area contributed by atoms with Crippen LogP contribution in [-0.2, 0) is 11.3 Å². The molecule has 3 rings (SSSR count). The van der Waals surface area contributed by atoms with Crippen molar-refractivity contribution in [2.24, 2.45) is 0 Å². The molecule has 1 aromatic carbocycles. The number of hydrogen-bond donors (Lipinski definition) is 3. The fourth-order valence-corrected chi connectivity index (χ4v) is 3.64. The molecule has 0 aromatic heterocycles. The molecule has 0 saturated carbocycles. The van der Waals surface area contributed by atoms with Gasteiger partial charge in [-0.25, -0.2) is 0 Å². The van der Waals surface area contributed by atoms with Crippen molar-refractivity contribution >= 4 is 36.6 Å². The Labute approximate surface area is 180 Å². The number of rotatable bonds is 8. The summed E-state index contributed by atoms with van der Waals surface area (Å²) in [7, 11) is 0. The monoisotopic (exact) mass is 430 g/mol. The summed E-state index contributed by atoms with van der Waals surface area (Å²) in [5.74, 6) is 0.0419.